The van der Waals surface area contributed by atoms with E-state index in [2.05, 4.69) is 26.5 Å². The maximum absolute atomic E-state index is 12.1. The first kappa shape index (κ1) is 26.2. The fourth-order valence-corrected chi connectivity index (χ4v) is 3.10. The Morgan fingerprint density at radius 2 is 1.56 bits per heavy atom. The molecular weight excluding hydrogens is 486 g/mol. The van der Waals surface area contributed by atoms with E-state index in [9.17, 15) is 19.2 Å². The number of carbonyl (C=O) groups is 4. The molecule has 11 heteroatoms. The lowest BCUT2D eigenvalue weighted by molar-refractivity contribution is -0.136. The van der Waals surface area contributed by atoms with Gasteiger partial charge in [-0.1, -0.05) is 23.7 Å². The second-order valence-corrected chi connectivity index (χ2v) is 8.29. The van der Waals surface area contributed by atoms with Crippen LogP contribution in [0.4, 0.5) is 11.4 Å². The quantitative estimate of drug-likeness (QED) is 0.229. The maximum Gasteiger partial charge on any atom is 0.329 e. The zero-order chi connectivity index (χ0) is 26.2. The molecule has 4 amide bonds. The molecule has 0 aliphatic rings. The average molecular weight is 510 g/mol. The average Bonchev–Trinajstić information content (AvgIpc) is 3.29. The Hall–Kier alpha value is -4.44. The first-order valence-electron chi connectivity index (χ1n) is 10.8. The molecule has 2 aromatic carbocycles. The van der Waals surface area contributed by atoms with Crippen molar-refractivity contribution in [2.75, 3.05) is 10.6 Å². The summed E-state index contributed by atoms with van der Waals surface area (Å²) in [5.74, 6) is -2.93. The highest BCUT2D eigenvalue weighted by Gasteiger charge is 2.16. The van der Waals surface area contributed by atoms with Gasteiger partial charge >= 0.3 is 23.6 Å². The van der Waals surface area contributed by atoms with Gasteiger partial charge in [-0.05, 0) is 73.9 Å². The van der Waals surface area contributed by atoms with Crippen molar-refractivity contribution in [3.63, 3.8) is 0 Å². The van der Waals surface area contributed by atoms with E-state index in [4.69, 9.17) is 16.0 Å². The molecule has 0 atom stereocenters. The molecular formula is C25H24ClN5O5. The largest absolute Gasteiger partial charge is 0.458 e. The lowest BCUT2D eigenvalue weighted by Crippen LogP contribution is -2.34. The van der Waals surface area contributed by atoms with Gasteiger partial charge in [0.1, 0.15) is 11.5 Å². The highest BCUT2D eigenvalue weighted by molar-refractivity contribution is 6.40. The van der Waals surface area contributed by atoms with Crippen LogP contribution >= 0.6 is 11.6 Å². The molecule has 0 bridgehead atoms. The van der Waals surface area contributed by atoms with Crippen molar-refractivity contribution in [1.29, 1.82) is 0 Å². The summed E-state index contributed by atoms with van der Waals surface area (Å²) in [7, 11) is 0. The van der Waals surface area contributed by atoms with Crippen molar-refractivity contribution in [2.24, 2.45) is 5.10 Å². The molecule has 0 spiro atoms. The lowest BCUT2D eigenvalue weighted by atomic mass is 10.1. The molecule has 0 fully saturated rings. The van der Waals surface area contributed by atoms with Crippen LogP contribution in [0.2, 0.25) is 5.02 Å². The van der Waals surface area contributed by atoms with Crippen LogP contribution in [0, 0.1) is 20.8 Å². The molecule has 4 N–H and O–H groups in total. The van der Waals surface area contributed by atoms with Gasteiger partial charge in [-0.25, -0.2) is 5.43 Å². The van der Waals surface area contributed by atoms with Crippen LogP contribution in [-0.4, -0.2) is 29.8 Å². The molecule has 1 heterocycles. The molecule has 36 heavy (non-hydrogen) atoms. The van der Waals surface area contributed by atoms with E-state index in [-0.39, 0.29) is 12.3 Å². The van der Waals surface area contributed by atoms with Crippen molar-refractivity contribution in [1.82, 2.24) is 10.7 Å². The summed E-state index contributed by atoms with van der Waals surface area (Å²) in [5.41, 5.74) is 5.83. The second kappa shape index (κ2) is 11.8. The van der Waals surface area contributed by atoms with Gasteiger partial charge in [0.15, 0.2) is 0 Å². The zero-order valence-electron chi connectivity index (χ0n) is 19.8. The maximum atomic E-state index is 12.1. The summed E-state index contributed by atoms with van der Waals surface area (Å²) in [6.07, 6.45) is 1.19. The predicted molar refractivity (Wildman–Crippen MR) is 136 cm³/mol. The van der Waals surface area contributed by atoms with Crippen LogP contribution in [0.5, 0.6) is 0 Å². The Labute approximate surface area is 212 Å². The lowest BCUT2D eigenvalue weighted by Gasteiger charge is -2.07. The third-order valence-corrected chi connectivity index (χ3v) is 5.32. The number of nitrogens with zero attached hydrogens (tertiary/aromatic N) is 1. The SMILES string of the molecule is Cc1ccc(NC(=O)C(=O)NCc2ccc(/C=N/NC(=O)C(=O)Nc3cc(Cl)ccc3C)o2)cc1C. The Morgan fingerprint density at radius 1 is 0.833 bits per heavy atom. The first-order chi connectivity index (χ1) is 17.1. The first-order valence-corrected chi connectivity index (χ1v) is 11.2. The third-order valence-electron chi connectivity index (χ3n) is 5.09. The Balaban J connectivity index is 1.45. The van der Waals surface area contributed by atoms with E-state index in [1.165, 1.54) is 12.3 Å². The number of benzene rings is 2. The number of hydrogen-bond acceptors (Lipinski definition) is 6. The van der Waals surface area contributed by atoms with Crippen molar-refractivity contribution in [3.8, 4) is 0 Å². The second-order valence-electron chi connectivity index (χ2n) is 7.85. The van der Waals surface area contributed by atoms with Gasteiger partial charge < -0.3 is 20.4 Å². The van der Waals surface area contributed by atoms with E-state index >= 15 is 0 Å². The van der Waals surface area contributed by atoms with E-state index in [1.54, 1.807) is 43.3 Å². The minimum atomic E-state index is -0.987. The molecule has 0 aliphatic carbocycles. The highest BCUT2D eigenvalue weighted by atomic mass is 35.5. The smallest absolute Gasteiger partial charge is 0.329 e. The van der Waals surface area contributed by atoms with Crippen molar-refractivity contribution >= 4 is 52.8 Å². The number of furan rings is 1. The van der Waals surface area contributed by atoms with E-state index in [0.717, 1.165) is 16.7 Å². The topological polar surface area (TPSA) is 142 Å². The monoisotopic (exact) mass is 509 g/mol. The number of halogens is 1. The van der Waals surface area contributed by atoms with Crippen molar-refractivity contribution < 1.29 is 23.6 Å². The molecule has 0 aliphatic heterocycles. The molecule has 3 aromatic rings. The van der Waals surface area contributed by atoms with Gasteiger partial charge in [-0.15, -0.1) is 0 Å². The Morgan fingerprint density at radius 3 is 2.31 bits per heavy atom. The fraction of sp³-hybridized carbons (Fsp3) is 0.160. The predicted octanol–water partition coefficient (Wildman–Crippen LogP) is 3.20. The number of aryl methyl sites for hydroxylation is 3. The summed E-state index contributed by atoms with van der Waals surface area (Å²) in [5, 5.41) is 11.6. The standard InChI is InChI=1S/C25H24ClN5O5/c1-14-5-7-18(10-16(14)3)29-23(33)22(32)27-12-19-8-9-20(36-19)13-28-31-25(35)24(34)30-21-11-17(26)6-4-15(21)2/h4-11,13H,12H2,1-3H3,(H,27,32)(H,29,33)(H,30,34)(H,31,35)/b28-13+. The molecule has 0 saturated heterocycles. The molecule has 0 radical (unpaired) electrons. The van der Waals surface area contributed by atoms with Crippen LogP contribution in [-0.2, 0) is 25.7 Å². The fourth-order valence-electron chi connectivity index (χ4n) is 2.93. The van der Waals surface area contributed by atoms with E-state index in [0.29, 0.717) is 22.2 Å². The number of carbonyl (C=O) groups excluding carboxylic acids is 4. The van der Waals surface area contributed by atoms with Gasteiger partial charge in [0.05, 0.1) is 12.8 Å². The van der Waals surface area contributed by atoms with E-state index < -0.39 is 23.6 Å². The minimum absolute atomic E-state index is 0.0409. The van der Waals surface area contributed by atoms with Crippen molar-refractivity contribution in [3.05, 3.63) is 81.8 Å². The summed E-state index contributed by atoms with van der Waals surface area (Å²) in [4.78, 5) is 48.2. The van der Waals surface area contributed by atoms with Gasteiger partial charge in [0.25, 0.3) is 0 Å². The number of nitrogens with one attached hydrogen (secondary N) is 4. The summed E-state index contributed by atoms with van der Waals surface area (Å²) in [6, 6.07) is 13.4. The molecule has 186 valence electrons. The zero-order valence-corrected chi connectivity index (χ0v) is 20.5. The van der Waals surface area contributed by atoms with Gasteiger partial charge in [0, 0.05) is 16.4 Å². The van der Waals surface area contributed by atoms with Crippen LogP contribution in [0.15, 0.2) is 58.0 Å². The molecule has 1 aromatic heterocycles. The van der Waals surface area contributed by atoms with Gasteiger partial charge in [-0.2, -0.15) is 5.10 Å². The molecule has 3 rings (SSSR count). The Kier molecular flexibility index (Phi) is 8.58. The number of rotatable bonds is 6. The molecule has 10 nitrogen and oxygen atoms in total. The summed E-state index contributed by atoms with van der Waals surface area (Å²) < 4.78 is 5.47. The summed E-state index contributed by atoms with van der Waals surface area (Å²) in [6.45, 7) is 5.58. The van der Waals surface area contributed by atoms with Crippen LogP contribution in [0.25, 0.3) is 0 Å². The van der Waals surface area contributed by atoms with Gasteiger partial charge in [0.2, 0.25) is 0 Å². The van der Waals surface area contributed by atoms with E-state index in [1.807, 2.05) is 19.9 Å². The normalized spacial score (nSPS) is 10.7. The van der Waals surface area contributed by atoms with Gasteiger partial charge in [-0.3, -0.25) is 19.2 Å². The number of amides is 4. The summed E-state index contributed by atoms with van der Waals surface area (Å²) >= 11 is 5.90. The molecule has 0 unspecified atom stereocenters. The number of anilines is 2. The highest BCUT2D eigenvalue weighted by Crippen LogP contribution is 2.20. The van der Waals surface area contributed by atoms with Crippen molar-refractivity contribution in [2.45, 2.75) is 27.3 Å². The molecule has 0 saturated carbocycles. The number of hydrazone groups is 1. The van der Waals surface area contributed by atoms with Crippen LogP contribution < -0.4 is 21.4 Å². The minimum Gasteiger partial charge on any atom is -0.458 e. The number of hydrogen-bond donors (Lipinski definition) is 4. The third kappa shape index (κ3) is 7.28. The van der Waals surface area contributed by atoms with Crippen LogP contribution in [0.3, 0.4) is 0 Å². The Bertz CT molecular complexity index is 1350. The van der Waals surface area contributed by atoms with Crippen LogP contribution in [0.1, 0.15) is 28.2 Å².